The fraction of sp³-hybridized carbons (Fsp3) is 0.500. The molecule has 0 fully saturated rings. The second-order valence-corrected chi connectivity index (χ2v) is 4.62. The minimum Gasteiger partial charge on any atom is -0.385 e. The zero-order valence-electron chi connectivity index (χ0n) is 11.2. The number of ether oxygens (including phenoxy) is 1. The van der Waals surface area contributed by atoms with Crippen LogP contribution in [0.15, 0.2) is 30.3 Å². The average Bonchev–Trinajstić information content (AvgIpc) is 2.42. The molecule has 0 atom stereocenters. The van der Waals surface area contributed by atoms with Crippen molar-refractivity contribution < 1.29 is 4.74 Å². The molecular weight excluding hydrogens is 244 g/mol. The van der Waals surface area contributed by atoms with Crippen molar-refractivity contribution in [1.29, 1.82) is 0 Å². The number of nitrogens with one attached hydrogen (secondary N) is 1. The predicted octanol–water partition coefficient (Wildman–Crippen LogP) is 2.07. The van der Waals surface area contributed by atoms with Gasteiger partial charge in [0.2, 0.25) is 0 Å². The summed E-state index contributed by atoms with van der Waals surface area (Å²) in [6.07, 6.45) is 1.99. The molecule has 0 aromatic heterocycles. The zero-order valence-corrected chi connectivity index (χ0v) is 12.0. The molecule has 1 rings (SSSR count). The molecule has 0 bridgehead atoms. The lowest BCUT2D eigenvalue weighted by molar-refractivity contribution is 0.195. The van der Waals surface area contributed by atoms with Crippen molar-refractivity contribution in [2.75, 3.05) is 33.9 Å². The Morgan fingerprint density at radius 3 is 2.72 bits per heavy atom. The fourth-order valence-corrected chi connectivity index (χ4v) is 1.78. The van der Waals surface area contributed by atoms with E-state index in [1.807, 2.05) is 13.1 Å². The van der Waals surface area contributed by atoms with Crippen LogP contribution in [0.1, 0.15) is 12.0 Å². The van der Waals surface area contributed by atoms with E-state index in [0.717, 1.165) is 37.7 Å². The average molecular weight is 266 g/mol. The molecule has 0 aliphatic heterocycles. The quantitative estimate of drug-likeness (QED) is 0.603. The van der Waals surface area contributed by atoms with Gasteiger partial charge in [-0.05, 0) is 30.6 Å². The first-order chi connectivity index (χ1) is 8.74. The first-order valence-electron chi connectivity index (χ1n) is 6.26. The molecule has 0 amide bonds. The Morgan fingerprint density at radius 2 is 2.06 bits per heavy atom. The van der Waals surface area contributed by atoms with E-state index in [1.165, 1.54) is 5.56 Å². The van der Waals surface area contributed by atoms with E-state index in [-0.39, 0.29) is 0 Å². The first-order valence-corrected chi connectivity index (χ1v) is 6.66. The van der Waals surface area contributed by atoms with Crippen LogP contribution in [0.2, 0.25) is 0 Å². The molecule has 0 radical (unpaired) electrons. The van der Waals surface area contributed by atoms with Crippen LogP contribution in [-0.2, 0) is 11.2 Å². The van der Waals surface area contributed by atoms with Gasteiger partial charge in [-0.2, -0.15) is 0 Å². The molecule has 0 aliphatic rings. The predicted molar refractivity (Wildman–Crippen MR) is 79.9 cm³/mol. The normalized spacial score (nSPS) is 10.1. The first kappa shape index (κ1) is 14.9. The van der Waals surface area contributed by atoms with Crippen molar-refractivity contribution in [3.05, 3.63) is 35.9 Å². The molecule has 0 unspecified atom stereocenters. The van der Waals surface area contributed by atoms with Gasteiger partial charge in [0.25, 0.3) is 0 Å². The third kappa shape index (κ3) is 5.98. The Bertz CT molecular complexity index is 343. The molecule has 1 aromatic carbocycles. The number of hydrogen-bond acceptors (Lipinski definition) is 2. The number of nitrogens with zero attached hydrogens (tertiary/aromatic N) is 1. The topological polar surface area (TPSA) is 24.5 Å². The maximum absolute atomic E-state index is 5.32. The monoisotopic (exact) mass is 266 g/mol. The highest BCUT2D eigenvalue weighted by Crippen LogP contribution is 2.00. The molecule has 0 saturated carbocycles. The van der Waals surface area contributed by atoms with E-state index in [0.29, 0.717) is 0 Å². The van der Waals surface area contributed by atoms with Gasteiger partial charge in [-0.3, -0.25) is 0 Å². The summed E-state index contributed by atoms with van der Waals surface area (Å²) in [7, 11) is 3.74. The van der Waals surface area contributed by atoms with Crippen molar-refractivity contribution in [2.24, 2.45) is 0 Å². The van der Waals surface area contributed by atoms with Crippen molar-refractivity contribution in [3.63, 3.8) is 0 Å². The van der Waals surface area contributed by atoms with Crippen LogP contribution < -0.4 is 5.32 Å². The maximum atomic E-state index is 5.32. The highest BCUT2D eigenvalue weighted by atomic mass is 32.1. The van der Waals surface area contributed by atoms with E-state index >= 15 is 0 Å². The zero-order chi connectivity index (χ0) is 13.2. The molecule has 0 saturated heterocycles. The molecule has 0 heterocycles. The third-order valence-electron chi connectivity index (χ3n) is 2.73. The summed E-state index contributed by atoms with van der Waals surface area (Å²) in [6, 6.07) is 10.5. The molecule has 18 heavy (non-hydrogen) atoms. The summed E-state index contributed by atoms with van der Waals surface area (Å²) in [5, 5.41) is 4.04. The summed E-state index contributed by atoms with van der Waals surface area (Å²) in [5.74, 6) is 0. The SMILES string of the molecule is COCCCNC(=S)N(C)CCc1ccccc1. The van der Waals surface area contributed by atoms with Crippen LogP contribution in [0, 0.1) is 0 Å². The Balaban J connectivity index is 2.19. The summed E-state index contributed by atoms with van der Waals surface area (Å²) >= 11 is 5.32. The van der Waals surface area contributed by atoms with Gasteiger partial charge in [0.1, 0.15) is 0 Å². The van der Waals surface area contributed by atoms with Gasteiger partial charge in [0.15, 0.2) is 5.11 Å². The smallest absolute Gasteiger partial charge is 0.168 e. The summed E-state index contributed by atoms with van der Waals surface area (Å²) in [5.41, 5.74) is 1.34. The summed E-state index contributed by atoms with van der Waals surface area (Å²) < 4.78 is 4.99. The minimum absolute atomic E-state index is 0.767. The Labute approximate surface area is 115 Å². The summed E-state index contributed by atoms with van der Waals surface area (Å²) in [4.78, 5) is 2.08. The molecular formula is C14H22N2OS. The van der Waals surface area contributed by atoms with Gasteiger partial charge < -0.3 is 15.0 Å². The molecule has 0 aliphatic carbocycles. The highest BCUT2D eigenvalue weighted by molar-refractivity contribution is 7.80. The fourth-order valence-electron chi connectivity index (χ4n) is 1.59. The molecule has 0 spiro atoms. The van der Waals surface area contributed by atoms with E-state index in [9.17, 15) is 0 Å². The van der Waals surface area contributed by atoms with Crippen LogP contribution in [0.25, 0.3) is 0 Å². The largest absolute Gasteiger partial charge is 0.385 e. The lowest BCUT2D eigenvalue weighted by Crippen LogP contribution is -2.38. The Kier molecular flexibility index (Phi) is 7.37. The van der Waals surface area contributed by atoms with Crippen molar-refractivity contribution in [3.8, 4) is 0 Å². The van der Waals surface area contributed by atoms with Gasteiger partial charge >= 0.3 is 0 Å². The van der Waals surface area contributed by atoms with Gasteiger partial charge in [0.05, 0.1) is 0 Å². The number of thiocarbonyl (C=S) groups is 1. The van der Waals surface area contributed by atoms with Crippen molar-refractivity contribution in [1.82, 2.24) is 10.2 Å². The van der Waals surface area contributed by atoms with Crippen molar-refractivity contribution in [2.45, 2.75) is 12.8 Å². The number of hydrogen-bond donors (Lipinski definition) is 1. The van der Waals surface area contributed by atoms with E-state index in [2.05, 4.69) is 34.5 Å². The van der Waals surface area contributed by atoms with Crippen LogP contribution in [0.5, 0.6) is 0 Å². The standard InChI is InChI=1S/C14H22N2OS/c1-16(14(18)15-10-6-12-17-2)11-9-13-7-4-3-5-8-13/h3-5,7-8H,6,9-12H2,1-2H3,(H,15,18). The number of likely N-dealkylation sites (N-methyl/N-ethyl adjacent to an activating group) is 1. The maximum Gasteiger partial charge on any atom is 0.168 e. The molecule has 1 aromatic rings. The van der Waals surface area contributed by atoms with E-state index in [4.69, 9.17) is 17.0 Å². The second kappa shape index (κ2) is 8.89. The Morgan fingerprint density at radius 1 is 1.33 bits per heavy atom. The lowest BCUT2D eigenvalue weighted by atomic mass is 10.1. The minimum atomic E-state index is 0.767. The van der Waals surface area contributed by atoms with Gasteiger partial charge in [-0.25, -0.2) is 0 Å². The number of benzene rings is 1. The molecule has 4 heteroatoms. The van der Waals surface area contributed by atoms with Gasteiger partial charge in [-0.15, -0.1) is 0 Å². The van der Waals surface area contributed by atoms with Crippen LogP contribution in [0.4, 0.5) is 0 Å². The van der Waals surface area contributed by atoms with E-state index < -0.39 is 0 Å². The molecule has 1 N–H and O–H groups in total. The van der Waals surface area contributed by atoms with Crippen LogP contribution in [-0.4, -0.2) is 43.9 Å². The molecule has 100 valence electrons. The highest BCUT2D eigenvalue weighted by Gasteiger charge is 2.03. The van der Waals surface area contributed by atoms with Crippen molar-refractivity contribution >= 4 is 17.3 Å². The van der Waals surface area contributed by atoms with Crippen LogP contribution >= 0.6 is 12.2 Å². The lowest BCUT2D eigenvalue weighted by Gasteiger charge is -2.21. The molecule has 3 nitrogen and oxygen atoms in total. The number of rotatable bonds is 7. The van der Waals surface area contributed by atoms with E-state index in [1.54, 1.807) is 7.11 Å². The second-order valence-electron chi connectivity index (χ2n) is 4.24. The number of methoxy groups -OCH3 is 1. The van der Waals surface area contributed by atoms with Gasteiger partial charge in [-0.1, -0.05) is 30.3 Å². The Hall–Kier alpha value is -1.13. The van der Waals surface area contributed by atoms with Crippen LogP contribution in [0.3, 0.4) is 0 Å². The third-order valence-corrected chi connectivity index (χ3v) is 3.18. The van der Waals surface area contributed by atoms with Gasteiger partial charge in [0, 0.05) is 33.9 Å². The summed E-state index contributed by atoms with van der Waals surface area (Å²) in [6.45, 7) is 2.56.